The van der Waals surface area contributed by atoms with Gasteiger partial charge in [0.25, 0.3) is 0 Å². The second-order valence-electron chi connectivity index (χ2n) is 5.34. The molecule has 4 nitrogen and oxygen atoms in total. The van der Waals surface area contributed by atoms with Crippen molar-refractivity contribution in [3.05, 3.63) is 65.2 Å². The van der Waals surface area contributed by atoms with Gasteiger partial charge in [-0.2, -0.15) is 0 Å². The highest BCUT2D eigenvalue weighted by Gasteiger charge is 2.00. The zero-order valence-electron chi connectivity index (χ0n) is 12.8. The van der Waals surface area contributed by atoms with Gasteiger partial charge in [-0.25, -0.2) is 4.79 Å². The lowest BCUT2D eigenvalue weighted by Crippen LogP contribution is -2.37. The number of hydrogen-bond acceptors (Lipinski definition) is 2. The van der Waals surface area contributed by atoms with Crippen LogP contribution < -0.4 is 10.6 Å². The minimum atomic E-state index is -0.147. The van der Waals surface area contributed by atoms with Crippen LogP contribution in [0.1, 0.15) is 16.7 Å². The van der Waals surface area contributed by atoms with Gasteiger partial charge in [-0.3, -0.25) is 0 Å². The minimum Gasteiger partial charge on any atom is -0.508 e. The molecule has 2 rings (SSSR count). The molecule has 0 bridgehead atoms. The average molecular weight is 298 g/mol. The summed E-state index contributed by atoms with van der Waals surface area (Å²) in [6.45, 7) is 3.25. The van der Waals surface area contributed by atoms with Crippen molar-refractivity contribution in [3.8, 4) is 5.75 Å². The maximum Gasteiger partial charge on any atom is 0.314 e. The number of phenols is 1. The molecule has 0 heterocycles. The van der Waals surface area contributed by atoms with Crippen LogP contribution in [0.25, 0.3) is 0 Å². The standard InChI is InChI=1S/C18H22N2O2/c1-14-3-2-4-16(13-14)10-12-20-18(22)19-11-9-15-5-7-17(21)8-6-15/h2-8,13,21H,9-12H2,1H3,(H2,19,20,22). The lowest BCUT2D eigenvalue weighted by molar-refractivity contribution is 0.241. The molecule has 0 atom stereocenters. The number of aryl methyl sites for hydroxylation is 1. The summed E-state index contributed by atoms with van der Waals surface area (Å²) in [7, 11) is 0. The molecule has 4 heteroatoms. The van der Waals surface area contributed by atoms with E-state index in [0.717, 1.165) is 18.4 Å². The Balaban J connectivity index is 1.62. The molecule has 0 unspecified atom stereocenters. The molecule has 3 N–H and O–H groups in total. The molecule has 0 saturated carbocycles. The topological polar surface area (TPSA) is 61.4 Å². The van der Waals surface area contributed by atoms with Gasteiger partial charge in [-0.15, -0.1) is 0 Å². The number of aromatic hydroxyl groups is 1. The first kappa shape index (κ1) is 15.9. The fourth-order valence-electron chi connectivity index (χ4n) is 2.23. The number of hydrogen-bond donors (Lipinski definition) is 3. The van der Waals surface area contributed by atoms with Gasteiger partial charge in [0.1, 0.15) is 5.75 Å². The van der Waals surface area contributed by atoms with Crippen LogP contribution in [0.5, 0.6) is 5.75 Å². The predicted molar refractivity (Wildman–Crippen MR) is 88.1 cm³/mol. The van der Waals surface area contributed by atoms with Crippen LogP contribution in [0.4, 0.5) is 4.79 Å². The third-order valence-corrected chi connectivity index (χ3v) is 3.42. The fourth-order valence-corrected chi connectivity index (χ4v) is 2.23. The first-order valence-corrected chi connectivity index (χ1v) is 7.48. The number of carbonyl (C=O) groups excluding carboxylic acids is 1. The molecule has 0 fully saturated rings. The molecule has 2 aromatic carbocycles. The van der Waals surface area contributed by atoms with Crippen LogP contribution in [0.15, 0.2) is 48.5 Å². The number of carbonyl (C=O) groups is 1. The van der Waals surface area contributed by atoms with E-state index in [9.17, 15) is 9.90 Å². The van der Waals surface area contributed by atoms with Crippen LogP contribution in [-0.4, -0.2) is 24.2 Å². The van der Waals surface area contributed by atoms with Crippen LogP contribution in [0.3, 0.4) is 0 Å². The summed E-state index contributed by atoms with van der Waals surface area (Å²) in [6.07, 6.45) is 1.57. The second-order valence-corrected chi connectivity index (χ2v) is 5.34. The van der Waals surface area contributed by atoms with Gasteiger partial charge in [-0.05, 0) is 43.0 Å². The maximum absolute atomic E-state index is 11.7. The van der Waals surface area contributed by atoms with E-state index in [2.05, 4.69) is 35.8 Å². The zero-order chi connectivity index (χ0) is 15.8. The van der Waals surface area contributed by atoms with Crippen molar-refractivity contribution in [3.63, 3.8) is 0 Å². The van der Waals surface area contributed by atoms with E-state index in [4.69, 9.17) is 0 Å². The van der Waals surface area contributed by atoms with Gasteiger partial charge in [-0.1, -0.05) is 42.0 Å². The Bertz CT molecular complexity index is 609. The molecule has 2 aromatic rings. The van der Waals surface area contributed by atoms with Gasteiger partial charge in [0.15, 0.2) is 0 Å². The van der Waals surface area contributed by atoms with E-state index in [1.165, 1.54) is 11.1 Å². The summed E-state index contributed by atoms with van der Waals surface area (Å²) < 4.78 is 0. The van der Waals surface area contributed by atoms with Crippen LogP contribution in [-0.2, 0) is 12.8 Å². The molecule has 0 radical (unpaired) electrons. The third-order valence-electron chi connectivity index (χ3n) is 3.42. The quantitative estimate of drug-likeness (QED) is 0.768. The second kappa shape index (κ2) is 8.08. The summed E-state index contributed by atoms with van der Waals surface area (Å²) in [5, 5.41) is 14.9. The average Bonchev–Trinajstić information content (AvgIpc) is 2.49. The maximum atomic E-state index is 11.7. The highest BCUT2D eigenvalue weighted by molar-refractivity contribution is 5.73. The molecule has 2 amide bonds. The van der Waals surface area contributed by atoms with Crippen molar-refractivity contribution in [2.24, 2.45) is 0 Å². The minimum absolute atomic E-state index is 0.147. The molecule has 0 saturated heterocycles. The Kier molecular flexibility index (Phi) is 5.83. The SMILES string of the molecule is Cc1cccc(CCNC(=O)NCCc2ccc(O)cc2)c1. The smallest absolute Gasteiger partial charge is 0.314 e. The molecule has 0 spiro atoms. The fraction of sp³-hybridized carbons (Fsp3) is 0.278. The van der Waals surface area contributed by atoms with E-state index in [1.54, 1.807) is 12.1 Å². The van der Waals surface area contributed by atoms with Gasteiger partial charge in [0.2, 0.25) is 0 Å². The van der Waals surface area contributed by atoms with E-state index in [-0.39, 0.29) is 11.8 Å². The van der Waals surface area contributed by atoms with Crippen LogP contribution >= 0.6 is 0 Å². The molecule has 0 aliphatic carbocycles. The number of nitrogens with one attached hydrogen (secondary N) is 2. The van der Waals surface area contributed by atoms with Crippen molar-refractivity contribution in [2.45, 2.75) is 19.8 Å². The number of urea groups is 1. The van der Waals surface area contributed by atoms with Crippen LogP contribution in [0.2, 0.25) is 0 Å². The van der Waals surface area contributed by atoms with E-state index >= 15 is 0 Å². The Morgan fingerprint density at radius 1 is 0.955 bits per heavy atom. The molecule has 0 aromatic heterocycles. The first-order chi connectivity index (χ1) is 10.6. The summed E-state index contributed by atoms with van der Waals surface area (Å²) in [4.78, 5) is 11.7. The van der Waals surface area contributed by atoms with E-state index in [1.807, 2.05) is 18.2 Å². The number of benzene rings is 2. The van der Waals surface area contributed by atoms with Crippen molar-refractivity contribution in [2.75, 3.05) is 13.1 Å². The molecule has 0 aliphatic heterocycles. The zero-order valence-corrected chi connectivity index (χ0v) is 12.8. The number of phenolic OH excluding ortho intramolecular Hbond substituents is 1. The van der Waals surface area contributed by atoms with Gasteiger partial charge in [0, 0.05) is 13.1 Å². The Hall–Kier alpha value is -2.49. The van der Waals surface area contributed by atoms with Gasteiger partial charge >= 0.3 is 6.03 Å². The van der Waals surface area contributed by atoms with Gasteiger partial charge in [0.05, 0.1) is 0 Å². The third kappa shape index (κ3) is 5.48. The molecular weight excluding hydrogens is 276 g/mol. The number of rotatable bonds is 6. The Morgan fingerprint density at radius 3 is 2.23 bits per heavy atom. The molecular formula is C18H22N2O2. The first-order valence-electron chi connectivity index (χ1n) is 7.48. The molecule has 0 aliphatic rings. The molecule has 22 heavy (non-hydrogen) atoms. The highest BCUT2D eigenvalue weighted by Crippen LogP contribution is 2.09. The summed E-state index contributed by atoms with van der Waals surface area (Å²) in [6, 6.07) is 15.1. The Labute approximate surface area is 131 Å². The highest BCUT2D eigenvalue weighted by atomic mass is 16.3. The summed E-state index contributed by atoms with van der Waals surface area (Å²) in [5.41, 5.74) is 3.54. The summed E-state index contributed by atoms with van der Waals surface area (Å²) >= 11 is 0. The predicted octanol–water partition coefficient (Wildman–Crippen LogP) is 2.79. The van der Waals surface area contributed by atoms with E-state index < -0.39 is 0 Å². The van der Waals surface area contributed by atoms with Crippen molar-refractivity contribution in [1.29, 1.82) is 0 Å². The van der Waals surface area contributed by atoms with Gasteiger partial charge < -0.3 is 15.7 Å². The van der Waals surface area contributed by atoms with Crippen molar-refractivity contribution < 1.29 is 9.90 Å². The number of amides is 2. The van der Waals surface area contributed by atoms with Crippen molar-refractivity contribution >= 4 is 6.03 Å². The van der Waals surface area contributed by atoms with Crippen LogP contribution in [0, 0.1) is 6.92 Å². The lowest BCUT2D eigenvalue weighted by Gasteiger charge is -2.08. The molecule has 116 valence electrons. The monoisotopic (exact) mass is 298 g/mol. The Morgan fingerprint density at radius 2 is 1.59 bits per heavy atom. The lowest BCUT2D eigenvalue weighted by atomic mass is 10.1. The largest absolute Gasteiger partial charge is 0.508 e. The van der Waals surface area contributed by atoms with E-state index in [0.29, 0.717) is 13.1 Å². The van der Waals surface area contributed by atoms with Crippen molar-refractivity contribution in [1.82, 2.24) is 10.6 Å². The summed E-state index contributed by atoms with van der Waals surface area (Å²) in [5.74, 6) is 0.255. The normalized spacial score (nSPS) is 10.2.